The van der Waals surface area contributed by atoms with E-state index in [9.17, 15) is 14.7 Å². The van der Waals surface area contributed by atoms with Crippen molar-refractivity contribution in [2.45, 2.75) is 51.0 Å². The van der Waals surface area contributed by atoms with E-state index in [2.05, 4.69) is 10.6 Å². The van der Waals surface area contributed by atoms with E-state index in [0.717, 1.165) is 32.1 Å². The molecule has 0 bridgehead atoms. The van der Waals surface area contributed by atoms with Crippen molar-refractivity contribution in [1.29, 1.82) is 0 Å². The second kappa shape index (κ2) is 7.40. The molecule has 0 unspecified atom stereocenters. The average molecular weight is 304 g/mol. The van der Waals surface area contributed by atoms with E-state index in [4.69, 9.17) is 0 Å². The van der Waals surface area contributed by atoms with Crippen LogP contribution in [0.3, 0.4) is 0 Å². The van der Waals surface area contributed by atoms with Crippen LogP contribution in [0.4, 0.5) is 5.69 Å². The lowest BCUT2D eigenvalue weighted by Gasteiger charge is -2.32. The summed E-state index contributed by atoms with van der Waals surface area (Å²) < 4.78 is 0. The number of amides is 2. The number of rotatable bonds is 5. The summed E-state index contributed by atoms with van der Waals surface area (Å²) >= 11 is 0. The van der Waals surface area contributed by atoms with Gasteiger partial charge in [0.15, 0.2) is 0 Å². The van der Waals surface area contributed by atoms with Crippen molar-refractivity contribution in [3.63, 3.8) is 0 Å². The zero-order valence-corrected chi connectivity index (χ0v) is 13.0. The minimum Gasteiger partial charge on any atom is -0.388 e. The SMILES string of the molecule is CCC(=O)Nc1cccc(C(=O)NCC2(O)CCCCC2)c1. The number of anilines is 1. The number of nitrogens with one attached hydrogen (secondary N) is 2. The second-order valence-corrected chi connectivity index (χ2v) is 5.95. The molecule has 1 aliphatic carbocycles. The summed E-state index contributed by atoms with van der Waals surface area (Å²) in [5, 5.41) is 15.9. The van der Waals surface area contributed by atoms with Crippen molar-refractivity contribution < 1.29 is 14.7 Å². The van der Waals surface area contributed by atoms with Crippen LogP contribution < -0.4 is 10.6 Å². The van der Waals surface area contributed by atoms with Crippen molar-refractivity contribution in [2.75, 3.05) is 11.9 Å². The van der Waals surface area contributed by atoms with Crippen molar-refractivity contribution in [1.82, 2.24) is 5.32 Å². The third-order valence-electron chi connectivity index (χ3n) is 4.09. The van der Waals surface area contributed by atoms with Gasteiger partial charge in [-0.15, -0.1) is 0 Å². The van der Waals surface area contributed by atoms with Crippen LogP contribution in [0.15, 0.2) is 24.3 Å². The normalized spacial score (nSPS) is 16.8. The van der Waals surface area contributed by atoms with Gasteiger partial charge in [-0.05, 0) is 31.0 Å². The third kappa shape index (κ3) is 4.56. The molecular weight excluding hydrogens is 280 g/mol. The Hall–Kier alpha value is -1.88. The maximum Gasteiger partial charge on any atom is 0.251 e. The summed E-state index contributed by atoms with van der Waals surface area (Å²) in [6.45, 7) is 2.05. The van der Waals surface area contributed by atoms with E-state index >= 15 is 0 Å². The molecule has 120 valence electrons. The van der Waals surface area contributed by atoms with Gasteiger partial charge in [0.2, 0.25) is 5.91 Å². The van der Waals surface area contributed by atoms with Gasteiger partial charge in [0.05, 0.1) is 5.60 Å². The quantitative estimate of drug-likeness (QED) is 0.782. The molecule has 0 aromatic heterocycles. The first kappa shape index (κ1) is 16.5. The molecule has 0 atom stereocenters. The van der Waals surface area contributed by atoms with Gasteiger partial charge in [-0.1, -0.05) is 32.3 Å². The lowest BCUT2D eigenvalue weighted by atomic mass is 9.85. The largest absolute Gasteiger partial charge is 0.388 e. The van der Waals surface area contributed by atoms with Crippen molar-refractivity contribution >= 4 is 17.5 Å². The molecule has 22 heavy (non-hydrogen) atoms. The van der Waals surface area contributed by atoms with Gasteiger partial charge in [-0.25, -0.2) is 0 Å². The van der Waals surface area contributed by atoms with Crippen LogP contribution in [0.5, 0.6) is 0 Å². The fourth-order valence-electron chi connectivity index (χ4n) is 2.72. The summed E-state index contributed by atoms with van der Waals surface area (Å²) in [4.78, 5) is 23.6. The predicted molar refractivity (Wildman–Crippen MR) is 85.7 cm³/mol. The van der Waals surface area contributed by atoms with Crippen LogP contribution >= 0.6 is 0 Å². The topological polar surface area (TPSA) is 78.4 Å². The number of hydrogen-bond acceptors (Lipinski definition) is 3. The maximum atomic E-state index is 12.2. The van der Waals surface area contributed by atoms with Gasteiger partial charge < -0.3 is 15.7 Å². The predicted octanol–water partition coefficient (Wildman–Crippen LogP) is 2.46. The first-order valence-corrected chi connectivity index (χ1v) is 7.93. The second-order valence-electron chi connectivity index (χ2n) is 5.95. The molecule has 1 aromatic carbocycles. The number of hydrogen-bond donors (Lipinski definition) is 3. The van der Waals surface area contributed by atoms with E-state index in [-0.39, 0.29) is 18.4 Å². The molecular formula is C17H24N2O3. The Morgan fingerprint density at radius 3 is 2.64 bits per heavy atom. The molecule has 2 amide bonds. The minimum atomic E-state index is -0.776. The summed E-state index contributed by atoms with van der Waals surface area (Å²) in [7, 11) is 0. The molecule has 1 aromatic rings. The Morgan fingerprint density at radius 2 is 1.95 bits per heavy atom. The fraction of sp³-hybridized carbons (Fsp3) is 0.529. The minimum absolute atomic E-state index is 0.0888. The molecule has 1 fully saturated rings. The molecule has 0 saturated heterocycles. The van der Waals surface area contributed by atoms with Gasteiger partial charge >= 0.3 is 0 Å². The smallest absolute Gasteiger partial charge is 0.251 e. The number of carbonyl (C=O) groups is 2. The molecule has 2 rings (SSSR count). The van der Waals surface area contributed by atoms with Gasteiger partial charge in [-0.2, -0.15) is 0 Å². The summed E-state index contributed by atoms with van der Waals surface area (Å²) in [6.07, 6.45) is 5.02. The molecule has 1 saturated carbocycles. The van der Waals surface area contributed by atoms with Crippen molar-refractivity contribution in [2.24, 2.45) is 0 Å². The molecule has 0 aliphatic heterocycles. The number of benzene rings is 1. The standard InChI is InChI=1S/C17H24N2O3/c1-2-15(20)19-14-8-6-7-13(11-14)16(21)18-12-17(22)9-4-3-5-10-17/h6-8,11,22H,2-5,9-10,12H2,1H3,(H,18,21)(H,19,20). The molecule has 0 radical (unpaired) electrons. The third-order valence-corrected chi connectivity index (χ3v) is 4.09. The molecule has 1 aliphatic rings. The monoisotopic (exact) mass is 304 g/mol. The van der Waals surface area contributed by atoms with E-state index in [1.807, 2.05) is 0 Å². The van der Waals surface area contributed by atoms with Gasteiger partial charge in [-0.3, -0.25) is 9.59 Å². The Balaban J connectivity index is 1.94. The highest BCUT2D eigenvalue weighted by molar-refractivity contribution is 5.97. The lowest BCUT2D eigenvalue weighted by molar-refractivity contribution is -0.115. The average Bonchev–Trinajstić information content (AvgIpc) is 2.53. The molecule has 3 N–H and O–H groups in total. The first-order valence-electron chi connectivity index (χ1n) is 7.93. The Bertz CT molecular complexity index is 536. The molecule has 0 spiro atoms. The molecule has 5 heteroatoms. The van der Waals surface area contributed by atoms with Gasteiger partial charge in [0.1, 0.15) is 0 Å². The Labute approximate surface area is 131 Å². The fourth-order valence-corrected chi connectivity index (χ4v) is 2.72. The summed E-state index contributed by atoms with van der Waals surface area (Å²) in [6, 6.07) is 6.82. The summed E-state index contributed by atoms with van der Waals surface area (Å²) in [5.74, 6) is -0.319. The van der Waals surface area contributed by atoms with Crippen LogP contribution in [0.1, 0.15) is 55.8 Å². The highest BCUT2D eigenvalue weighted by Gasteiger charge is 2.29. The number of carbonyl (C=O) groups excluding carboxylic acids is 2. The van der Waals surface area contributed by atoms with E-state index in [1.54, 1.807) is 31.2 Å². The Morgan fingerprint density at radius 1 is 1.23 bits per heavy atom. The van der Waals surface area contributed by atoms with E-state index < -0.39 is 5.60 Å². The van der Waals surface area contributed by atoms with Crippen LogP contribution in [0.2, 0.25) is 0 Å². The van der Waals surface area contributed by atoms with Gasteiger partial charge in [0.25, 0.3) is 5.91 Å². The van der Waals surface area contributed by atoms with Crippen LogP contribution in [0, 0.1) is 0 Å². The molecule has 0 heterocycles. The number of aliphatic hydroxyl groups is 1. The molecule has 5 nitrogen and oxygen atoms in total. The van der Waals surface area contributed by atoms with E-state index in [1.165, 1.54) is 0 Å². The van der Waals surface area contributed by atoms with Crippen LogP contribution in [-0.4, -0.2) is 29.1 Å². The zero-order valence-electron chi connectivity index (χ0n) is 13.0. The van der Waals surface area contributed by atoms with Crippen molar-refractivity contribution in [3.05, 3.63) is 29.8 Å². The van der Waals surface area contributed by atoms with Crippen LogP contribution in [-0.2, 0) is 4.79 Å². The first-order chi connectivity index (χ1) is 10.5. The lowest BCUT2D eigenvalue weighted by Crippen LogP contribution is -2.44. The maximum absolute atomic E-state index is 12.2. The summed E-state index contributed by atoms with van der Waals surface area (Å²) in [5.41, 5.74) is 0.311. The zero-order chi connectivity index (χ0) is 16.0. The highest BCUT2D eigenvalue weighted by atomic mass is 16.3. The van der Waals surface area contributed by atoms with E-state index in [0.29, 0.717) is 17.7 Å². The van der Waals surface area contributed by atoms with Crippen molar-refractivity contribution in [3.8, 4) is 0 Å². The van der Waals surface area contributed by atoms with Gasteiger partial charge in [0, 0.05) is 24.2 Å². The highest BCUT2D eigenvalue weighted by Crippen LogP contribution is 2.27. The van der Waals surface area contributed by atoms with Crippen LogP contribution in [0.25, 0.3) is 0 Å². The Kier molecular flexibility index (Phi) is 5.55.